The molecule has 1 saturated heterocycles. The van der Waals surface area contributed by atoms with Gasteiger partial charge >= 0.3 is 10.5 Å². The predicted octanol–water partition coefficient (Wildman–Crippen LogP) is -0.185. The van der Waals surface area contributed by atoms with Crippen molar-refractivity contribution in [2.45, 2.75) is 18.9 Å². The smallest absolute Gasteiger partial charge is 0.358 e. The van der Waals surface area contributed by atoms with Crippen molar-refractivity contribution in [3.8, 4) is 5.75 Å². The summed E-state index contributed by atoms with van der Waals surface area (Å²) in [6, 6.07) is 3.91. The summed E-state index contributed by atoms with van der Waals surface area (Å²) in [7, 11) is -5.20. The van der Waals surface area contributed by atoms with Gasteiger partial charge in [0.1, 0.15) is 11.8 Å². The Bertz CT molecular complexity index is 733. The molecule has 1 fully saturated rings. The average molecular weight is 330 g/mol. The van der Waals surface area contributed by atoms with E-state index in [0.717, 1.165) is 12.1 Å². The fourth-order valence-electron chi connectivity index (χ4n) is 1.88. The quantitative estimate of drug-likeness (QED) is 0.584. The molecule has 1 aliphatic heterocycles. The lowest BCUT2D eigenvalue weighted by molar-refractivity contribution is -0.134. The van der Waals surface area contributed by atoms with Crippen molar-refractivity contribution in [3.05, 3.63) is 29.8 Å². The van der Waals surface area contributed by atoms with Crippen LogP contribution in [0.5, 0.6) is 5.75 Å². The van der Waals surface area contributed by atoms with Crippen LogP contribution >= 0.6 is 0 Å². The fourth-order valence-corrected chi connectivity index (χ4v) is 2.21. The summed E-state index contributed by atoms with van der Waals surface area (Å²) < 4.78 is 37.2. The number of imide groups is 1. The second-order valence-electron chi connectivity index (χ2n) is 4.48. The summed E-state index contributed by atoms with van der Waals surface area (Å²) in [6.45, 7) is 0. The molecule has 118 valence electrons. The maximum atomic E-state index is 12.4. The van der Waals surface area contributed by atoms with Crippen LogP contribution in [-0.4, -0.2) is 32.2 Å². The second kappa shape index (κ2) is 6.10. The first-order valence-electron chi connectivity index (χ1n) is 6.13. The molecule has 22 heavy (non-hydrogen) atoms. The van der Waals surface area contributed by atoms with Crippen LogP contribution in [0.2, 0.25) is 0 Å². The van der Waals surface area contributed by atoms with E-state index in [-0.39, 0.29) is 24.2 Å². The minimum atomic E-state index is -5.20. The lowest BCUT2D eigenvalue weighted by Crippen LogP contribution is -2.52. The summed E-state index contributed by atoms with van der Waals surface area (Å²) in [4.78, 5) is 34.5. The molecule has 0 saturated carbocycles. The number of carbonyl (C=O) groups excluding carboxylic acids is 3. The SMILES string of the molecule is O=C1CCC(NC(=O)c2cccc(OS(=O)(=O)F)c2)C(=O)N1. The molecule has 0 radical (unpaired) electrons. The molecule has 0 spiro atoms. The Morgan fingerprint density at radius 1 is 1.36 bits per heavy atom. The van der Waals surface area contributed by atoms with Crippen LogP contribution in [0.1, 0.15) is 23.2 Å². The lowest BCUT2D eigenvalue weighted by atomic mass is 10.1. The van der Waals surface area contributed by atoms with Gasteiger partial charge in [-0.3, -0.25) is 19.7 Å². The highest BCUT2D eigenvalue weighted by atomic mass is 32.3. The molecule has 1 atom stereocenters. The summed E-state index contributed by atoms with van der Waals surface area (Å²) >= 11 is 0. The second-order valence-corrected chi connectivity index (χ2v) is 5.43. The average Bonchev–Trinajstić information content (AvgIpc) is 2.40. The fraction of sp³-hybridized carbons (Fsp3) is 0.250. The maximum Gasteiger partial charge on any atom is 0.488 e. The van der Waals surface area contributed by atoms with Crippen molar-refractivity contribution in [1.82, 2.24) is 10.6 Å². The third-order valence-electron chi connectivity index (χ3n) is 2.84. The molecule has 3 amide bonds. The molecule has 2 rings (SSSR count). The molecule has 1 heterocycles. The molecule has 1 aromatic rings. The van der Waals surface area contributed by atoms with E-state index >= 15 is 0 Å². The van der Waals surface area contributed by atoms with Gasteiger partial charge in [-0.1, -0.05) is 9.95 Å². The number of amides is 3. The van der Waals surface area contributed by atoms with Crippen LogP contribution in [-0.2, 0) is 20.1 Å². The van der Waals surface area contributed by atoms with Gasteiger partial charge in [0.2, 0.25) is 11.8 Å². The molecule has 1 aliphatic rings. The van der Waals surface area contributed by atoms with Gasteiger partial charge in [-0.2, -0.15) is 8.42 Å². The normalized spacial score (nSPS) is 18.5. The van der Waals surface area contributed by atoms with E-state index in [4.69, 9.17) is 0 Å². The minimum absolute atomic E-state index is 0.0224. The van der Waals surface area contributed by atoms with Crippen molar-refractivity contribution in [1.29, 1.82) is 0 Å². The third kappa shape index (κ3) is 4.25. The Labute approximate surface area is 125 Å². The molecule has 0 aliphatic carbocycles. The molecule has 1 unspecified atom stereocenters. The van der Waals surface area contributed by atoms with E-state index in [1.165, 1.54) is 12.1 Å². The van der Waals surface area contributed by atoms with Crippen LogP contribution < -0.4 is 14.8 Å². The highest BCUT2D eigenvalue weighted by Crippen LogP contribution is 2.16. The topological polar surface area (TPSA) is 119 Å². The lowest BCUT2D eigenvalue weighted by Gasteiger charge is -2.21. The molecular formula is C12H11FN2O6S. The Kier molecular flexibility index (Phi) is 4.40. The van der Waals surface area contributed by atoms with Gasteiger partial charge in [-0.25, -0.2) is 0 Å². The van der Waals surface area contributed by atoms with Crippen molar-refractivity contribution in [3.63, 3.8) is 0 Å². The van der Waals surface area contributed by atoms with Crippen LogP contribution in [0.3, 0.4) is 0 Å². The molecule has 8 nitrogen and oxygen atoms in total. The number of nitrogens with one attached hydrogen (secondary N) is 2. The summed E-state index contributed by atoms with van der Waals surface area (Å²) in [5.41, 5.74) is -0.0224. The predicted molar refractivity (Wildman–Crippen MR) is 70.7 cm³/mol. The van der Waals surface area contributed by atoms with Gasteiger partial charge in [0.05, 0.1) is 0 Å². The number of carbonyl (C=O) groups is 3. The largest absolute Gasteiger partial charge is 0.488 e. The van der Waals surface area contributed by atoms with Gasteiger partial charge in [0.25, 0.3) is 5.91 Å². The van der Waals surface area contributed by atoms with E-state index in [0.29, 0.717) is 0 Å². The zero-order chi connectivity index (χ0) is 16.3. The molecular weight excluding hydrogens is 319 g/mol. The van der Waals surface area contributed by atoms with Crippen LogP contribution in [0, 0.1) is 0 Å². The first-order valence-corrected chi connectivity index (χ1v) is 7.44. The van der Waals surface area contributed by atoms with Crippen molar-refractivity contribution in [2.75, 3.05) is 0 Å². The van der Waals surface area contributed by atoms with Crippen molar-refractivity contribution >= 4 is 28.2 Å². The highest BCUT2D eigenvalue weighted by Gasteiger charge is 2.28. The minimum Gasteiger partial charge on any atom is -0.358 e. The van der Waals surface area contributed by atoms with E-state index in [1.807, 2.05) is 0 Å². The summed E-state index contributed by atoms with van der Waals surface area (Å²) in [6.07, 6.45) is 0.255. The third-order valence-corrected chi connectivity index (χ3v) is 3.23. The molecule has 10 heteroatoms. The van der Waals surface area contributed by atoms with Crippen molar-refractivity contribution in [2.24, 2.45) is 0 Å². The zero-order valence-corrected chi connectivity index (χ0v) is 11.9. The Hall–Kier alpha value is -2.49. The number of benzene rings is 1. The molecule has 0 aromatic heterocycles. The maximum absolute atomic E-state index is 12.4. The summed E-state index contributed by atoms with van der Waals surface area (Å²) in [5, 5.41) is 4.48. The van der Waals surface area contributed by atoms with Crippen LogP contribution in [0.15, 0.2) is 24.3 Å². The van der Waals surface area contributed by atoms with E-state index in [2.05, 4.69) is 14.8 Å². The molecule has 0 bridgehead atoms. The Balaban J connectivity index is 2.08. The molecule has 1 aromatic carbocycles. The zero-order valence-electron chi connectivity index (χ0n) is 11.0. The van der Waals surface area contributed by atoms with E-state index in [1.54, 1.807) is 0 Å². The number of hydrogen-bond donors (Lipinski definition) is 2. The van der Waals surface area contributed by atoms with Gasteiger partial charge in [0.15, 0.2) is 0 Å². The van der Waals surface area contributed by atoms with Crippen LogP contribution in [0.25, 0.3) is 0 Å². The standard InChI is InChI=1S/C12H11FN2O6S/c13-22(19,20)21-8-3-1-2-7(6-8)11(17)14-9-4-5-10(16)15-12(9)18/h1-3,6,9H,4-5H2,(H,14,17)(H,15,16,18). The van der Waals surface area contributed by atoms with Crippen LogP contribution in [0.4, 0.5) is 3.89 Å². The number of rotatable bonds is 4. The Morgan fingerprint density at radius 3 is 2.73 bits per heavy atom. The monoisotopic (exact) mass is 330 g/mol. The number of piperidine rings is 1. The van der Waals surface area contributed by atoms with Gasteiger partial charge in [-0.05, 0) is 24.6 Å². The first kappa shape index (κ1) is 15.9. The molecule has 2 N–H and O–H groups in total. The van der Waals surface area contributed by atoms with Gasteiger partial charge < -0.3 is 9.50 Å². The van der Waals surface area contributed by atoms with E-state index < -0.39 is 34.3 Å². The highest BCUT2D eigenvalue weighted by molar-refractivity contribution is 7.81. The van der Waals surface area contributed by atoms with E-state index in [9.17, 15) is 26.7 Å². The Morgan fingerprint density at radius 2 is 2.09 bits per heavy atom. The van der Waals surface area contributed by atoms with Gasteiger partial charge in [0, 0.05) is 12.0 Å². The number of hydrogen-bond acceptors (Lipinski definition) is 6. The number of halogens is 1. The summed E-state index contributed by atoms with van der Waals surface area (Å²) in [5.74, 6) is -2.10. The van der Waals surface area contributed by atoms with Gasteiger partial charge in [-0.15, -0.1) is 0 Å². The van der Waals surface area contributed by atoms with Crippen molar-refractivity contribution < 1.29 is 30.9 Å². The first-order chi connectivity index (χ1) is 10.2.